The third-order valence-electron chi connectivity index (χ3n) is 2.12. The Morgan fingerprint density at radius 2 is 2.06 bits per heavy atom. The van der Waals surface area contributed by atoms with E-state index in [-0.39, 0.29) is 11.8 Å². The van der Waals surface area contributed by atoms with Gasteiger partial charge in [-0.1, -0.05) is 13.8 Å². The summed E-state index contributed by atoms with van der Waals surface area (Å²) in [6.45, 7) is 4.41. The average Bonchev–Trinajstić information content (AvgIpc) is 2.22. The van der Waals surface area contributed by atoms with Gasteiger partial charge in [-0.15, -0.1) is 0 Å². The lowest BCUT2D eigenvalue weighted by Gasteiger charge is -2.11. The molecule has 0 saturated heterocycles. The summed E-state index contributed by atoms with van der Waals surface area (Å²) in [6, 6.07) is 5.65. The molecule has 1 aromatic rings. The average molecular weight is 447 g/mol. The molecule has 0 unspecified atom stereocenters. The lowest BCUT2D eigenvalue weighted by Crippen LogP contribution is -2.30. The summed E-state index contributed by atoms with van der Waals surface area (Å²) in [4.78, 5) is 0. The molecule has 0 heterocycles. The third kappa shape index (κ3) is 5.85. The molecule has 7 heteroatoms. The molecule has 0 saturated carbocycles. The van der Waals surface area contributed by atoms with Crippen LogP contribution in [0.4, 0.5) is 5.69 Å². The highest BCUT2D eigenvalue weighted by Gasteiger charge is 2.11. The number of rotatable bonds is 6. The number of sulfonamides is 1. The second-order valence-corrected chi connectivity index (χ2v) is 8.02. The van der Waals surface area contributed by atoms with Crippen LogP contribution in [0.3, 0.4) is 0 Å². The van der Waals surface area contributed by atoms with E-state index in [2.05, 4.69) is 48.6 Å². The van der Waals surface area contributed by atoms with Crippen LogP contribution in [-0.4, -0.2) is 26.8 Å². The van der Waals surface area contributed by atoms with E-state index >= 15 is 0 Å². The minimum atomic E-state index is -3.30. The Balaban J connectivity index is 2.62. The molecule has 18 heavy (non-hydrogen) atoms. The van der Waals surface area contributed by atoms with Crippen molar-refractivity contribution < 1.29 is 8.42 Å². The van der Waals surface area contributed by atoms with Gasteiger partial charge in [-0.2, -0.15) is 0 Å². The van der Waals surface area contributed by atoms with Crippen LogP contribution >= 0.6 is 38.5 Å². The number of hydrogen-bond acceptors (Lipinski definition) is 3. The fraction of sp³-hybridized carbons (Fsp3) is 0.455. The van der Waals surface area contributed by atoms with Gasteiger partial charge >= 0.3 is 0 Å². The fourth-order valence-electron chi connectivity index (χ4n) is 1.27. The highest BCUT2D eigenvalue weighted by Crippen LogP contribution is 2.23. The molecule has 0 aromatic heterocycles. The molecule has 0 spiro atoms. The molecule has 1 rings (SSSR count). The second kappa shape index (κ2) is 7.06. The standard InChI is InChI=1S/C11H16BrIN2O2S/c1-8(2)14-5-6-18(16,17)15-9-3-4-11(13)10(12)7-9/h3-4,7-8,14-15H,5-6H2,1-2H3. The van der Waals surface area contributed by atoms with Crippen molar-refractivity contribution in [2.45, 2.75) is 19.9 Å². The first-order valence-corrected chi connectivity index (χ1v) is 9.01. The van der Waals surface area contributed by atoms with Gasteiger partial charge < -0.3 is 5.32 Å². The van der Waals surface area contributed by atoms with Crippen molar-refractivity contribution >= 4 is 54.2 Å². The molecule has 4 nitrogen and oxygen atoms in total. The molecule has 0 aliphatic heterocycles. The molecule has 0 radical (unpaired) electrons. The van der Waals surface area contributed by atoms with Crippen molar-refractivity contribution in [2.24, 2.45) is 0 Å². The number of anilines is 1. The lowest BCUT2D eigenvalue weighted by molar-refractivity contribution is 0.582. The number of halogens is 2. The Labute approximate surface area is 130 Å². The molecule has 0 amide bonds. The summed E-state index contributed by atoms with van der Waals surface area (Å²) in [7, 11) is -3.30. The van der Waals surface area contributed by atoms with Crippen molar-refractivity contribution in [3.8, 4) is 0 Å². The highest BCUT2D eigenvalue weighted by atomic mass is 127. The van der Waals surface area contributed by atoms with Crippen LogP contribution in [0.5, 0.6) is 0 Å². The topological polar surface area (TPSA) is 58.2 Å². The monoisotopic (exact) mass is 446 g/mol. The molecule has 0 aliphatic carbocycles. The Hall–Kier alpha value is 0.140. The lowest BCUT2D eigenvalue weighted by atomic mass is 10.3. The number of benzene rings is 1. The Morgan fingerprint density at radius 3 is 2.61 bits per heavy atom. The molecule has 2 N–H and O–H groups in total. The van der Waals surface area contributed by atoms with E-state index in [1.807, 2.05) is 19.9 Å². The summed E-state index contributed by atoms with van der Waals surface area (Å²) < 4.78 is 28.1. The fourth-order valence-corrected chi connectivity index (χ4v) is 2.96. The Bertz CT molecular complexity index is 506. The van der Waals surface area contributed by atoms with E-state index in [1.165, 1.54) is 0 Å². The van der Waals surface area contributed by atoms with Gasteiger partial charge in [-0.3, -0.25) is 4.72 Å². The largest absolute Gasteiger partial charge is 0.313 e. The molecule has 0 atom stereocenters. The van der Waals surface area contributed by atoms with Crippen molar-refractivity contribution in [1.82, 2.24) is 5.32 Å². The summed E-state index contributed by atoms with van der Waals surface area (Å²) in [6.07, 6.45) is 0. The third-order valence-corrected chi connectivity index (χ3v) is 5.74. The van der Waals surface area contributed by atoms with E-state index in [1.54, 1.807) is 12.1 Å². The van der Waals surface area contributed by atoms with Gasteiger partial charge in [-0.25, -0.2) is 8.42 Å². The normalized spacial score (nSPS) is 11.8. The molecular formula is C11H16BrIN2O2S. The van der Waals surface area contributed by atoms with Gasteiger partial charge in [0.15, 0.2) is 0 Å². The van der Waals surface area contributed by atoms with Gasteiger partial charge in [0, 0.05) is 26.3 Å². The van der Waals surface area contributed by atoms with Crippen molar-refractivity contribution in [1.29, 1.82) is 0 Å². The molecule has 0 bridgehead atoms. The Morgan fingerprint density at radius 1 is 1.39 bits per heavy atom. The minimum Gasteiger partial charge on any atom is -0.313 e. The van der Waals surface area contributed by atoms with Crippen LogP contribution in [0.25, 0.3) is 0 Å². The molecule has 102 valence electrons. The predicted octanol–water partition coefficient (Wildman–Crippen LogP) is 2.79. The number of nitrogens with one attached hydrogen (secondary N) is 2. The SMILES string of the molecule is CC(C)NCCS(=O)(=O)Nc1ccc(I)c(Br)c1. The van der Waals surface area contributed by atoms with Gasteiger partial charge in [0.2, 0.25) is 10.0 Å². The zero-order valence-corrected chi connectivity index (χ0v) is 14.8. The van der Waals surface area contributed by atoms with E-state index in [4.69, 9.17) is 0 Å². The van der Waals surface area contributed by atoms with Crippen LogP contribution < -0.4 is 10.0 Å². The summed E-state index contributed by atoms with van der Waals surface area (Å²) in [5.41, 5.74) is 0.576. The van der Waals surface area contributed by atoms with Crippen LogP contribution in [-0.2, 0) is 10.0 Å². The quantitative estimate of drug-likeness (QED) is 0.660. The van der Waals surface area contributed by atoms with Crippen LogP contribution in [0.1, 0.15) is 13.8 Å². The van der Waals surface area contributed by atoms with E-state index < -0.39 is 10.0 Å². The smallest absolute Gasteiger partial charge is 0.233 e. The first-order valence-electron chi connectivity index (χ1n) is 5.49. The Kier molecular flexibility index (Phi) is 6.36. The maximum absolute atomic E-state index is 11.8. The van der Waals surface area contributed by atoms with E-state index in [0.717, 1.165) is 8.04 Å². The summed E-state index contributed by atoms with van der Waals surface area (Å²) in [5, 5.41) is 3.08. The van der Waals surface area contributed by atoms with Crippen LogP contribution in [0.15, 0.2) is 22.7 Å². The van der Waals surface area contributed by atoms with Gasteiger partial charge in [0.25, 0.3) is 0 Å². The molecule has 1 aromatic carbocycles. The zero-order chi connectivity index (χ0) is 13.8. The summed E-state index contributed by atoms with van der Waals surface area (Å²) in [5.74, 6) is 0.0643. The highest BCUT2D eigenvalue weighted by molar-refractivity contribution is 14.1. The van der Waals surface area contributed by atoms with Gasteiger partial charge in [-0.05, 0) is 56.7 Å². The van der Waals surface area contributed by atoms with Crippen molar-refractivity contribution in [3.05, 3.63) is 26.2 Å². The molecular weight excluding hydrogens is 431 g/mol. The van der Waals surface area contributed by atoms with Crippen LogP contribution in [0, 0.1) is 3.57 Å². The molecule has 0 fully saturated rings. The van der Waals surface area contributed by atoms with E-state index in [9.17, 15) is 8.42 Å². The first kappa shape index (κ1) is 16.2. The number of hydrogen-bond donors (Lipinski definition) is 2. The van der Waals surface area contributed by atoms with Gasteiger partial charge in [0.05, 0.1) is 5.75 Å². The first-order chi connectivity index (χ1) is 8.30. The van der Waals surface area contributed by atoms with Gasteiger partial charge in [0.1, 0.15) is 0 Å². The second-order valence-electron chi connectivity index (χ2n) is 4.16. The molecule has 0 aliphatic rings. The predicted molar refractivity (Wildman–Crippen MR) is 87.4 cm³/mol. The minimum absolute atomic E-state index is 0.0643. The summed E-state index contributed by atoms with van der Waals surface area (Å²) >= 11 is 5.54. The maximum atomic E-state index is 11.8. The zero-order valence-electron chi connectivity index (χ0n) is 10.2. The van der Waals surface area contributed by atoms with Crippen molar-refractivity contribution in [3.63, 3.8) is 0 Å². The van der Waals surface area contributed by atoms with E-state index in [0.29, 0.717) is 12.2 Å². The van der Waals surface area contributed by atoms with Crippen molar-refractivity contribution in [2.75, 3.05) is 17.0 Å². The van der Waals surface area contributed by atoms with Crippen LogP contribution in [0.2, 0.25) is 0 Å². The maximum Gasteiger partial charge on any atom is 0.233 e.